The van der Waals surface area contributed by atoms with Crippen LogP contribution in [-0.4, -0.2) is 11.6 Å². The van der Waals surface area contributed by atoms with Crippen molar-refractivity contribution in [1.82, 2.24) is 0 Å². The number of nitrogens with zero attached hydrogens (tertiary/aromatic N) is 1. The van der Waals surface area contributed by atoms with Crippen molar-refractivity contribution in [3.63, 3.8) is 0 Å². The Bertz CT molecular complexity index is 662. The van der Waals surface area contributed by atoms with Crippen molar-refractivity contribution in [1.29, 1.82) is 0 Å². The number of nitrogens with one attached hydrogen (secondary N) is 1. The maximum Gasteiger partial charge on any atom is 0.275 e. The molecule has 4 heteroatoms. The molecule has 1 aliphatic rings. The lowest BCUT2D eigenvalue weighted by atomic mass is 10.1. The number of amides is 1. The highest BCUT2D eigenvalue weighted by Gasteiger charge is 2.25. The Balaban J connectivity index is 2.13. The largest absolute Gasteiger partial charge is 0.397 e. The van der Waals surface area contributed by atoms with Crippen LogP contribution in [0.5, 0.6) is 0 Å². The Kier molecular flexibility index (Phi) is 2.34. The van der Waals surface area contributed by atoms with E-state index in [0.717, 1.165) is 11.3 Å². The average molecular weight is 237 g/mol. The van der Waals surface area contributed by atoms with Crippen molar-refractivity contribution in [2.45, 2.75) is 0 Å². The molecule has 0 bridgehead atoms. The molecule has 0 spiro atoms. The fourth-order valence-corrected chi connectivity index (χ4v) is 1.92. The van der Waals surface area contributed by atoms with Crippen molar-refractivity contribution >= 4 is 28.7 Å². The first-order valence-corrected chi connectivity index (χ1v) is 5.59. The molecule has 4 nitrogen and oxygen atoms in total. The number of fused-ring (bicyclic) bond motifs is 1. The van der Waals surface area contributed by atoms with Gasteiger partial charge in [-0.05, 0) is 18.2 Å². The maximum atomic E-state index is 11.9. The van der Waals surface area contributed by atoms with E-state index in [1.807, 2.05) is 36.4 Å². The summed E-state index contributed by atoms with van der Waals surface area (Å²) in [6, 6.07) is 14.7. The third-order valence-corrected chi connectivity index (χ3v) is 2.81. The number of carbonyl (C=O) groups is 1. The summed E-state index contributed by atoms with van der Waals surface area (Å²) in [4.78, 5) is 16.2. The molecule has 2 aromatic rings. The smallest absolute Gasteiger partial charge is 0.275 e. The van der Waals surface area contributed by atoms with Crippen molar-refractivity contribution in [3.05, 3.63) is 54.1 Å². The molecule has 0 radical (unpaired) electrons. The second-order valence-electron chi connectivity index (χ2n) is 4.02. The molecule has 1 heterocycles. The molecule has 0 aromatic heterocycles. The Morgan fingerprint density at radius 2 is 1.72 bits per heavy atom. The minimum atomic E-state index is -0.195. The van der Waals surface area contributed by atoms with Crippen LogP contribution in [0.25, 0.3) is 0 Å². The van der Waals surface area contributed by atoms with Crippen LogP contribution < -0.4 is 11.1 Å². The molecule has 1 amide bonds. The summed E-state index contributed by atoms with van der Waals surface area (Å²) in [5.41, 5.74) is 9.00. The third kappa shape index (κ3) is 1.64. The molecule has 1 aliphatic heterocycles. The quantitative estimate of drug-likeness (QED) is 0.747. The summed E-state index contributed by atoms with van der Waals surface area (Å²) in [7, 11) is 0. The highest BCUT2D eigenvalue weighted by molar-refractivity contribution is 6.54. The summed E-state index contributed by atoms with van der Waals surface area (Å²) in [6.07, 6.45) is 0. The highest BCUT2D eigenvalue weighted by atomic mass is 16.2. The van der Waals surface area contributed by atoms with Gasteiger partial charge in [-0.3, -0.25) is 4.79 Å². The molecule has 3 N–H and O–H groups in total. The van der Waals surface area contributed by atoms with E-state index in [0.29, 0.717) is 17.1 Å². The number of nitrogen functional groups attached to an aromatic ring is 1. The average Bonchev–Trinajstić information content (AvgIpc) is 2.69. The zero-order valence-electron chi connectivity index (χ0n) is 9.55. The van der Waals surface area contributed by atoms with Crippen LogP contribution in [0.1, 0.15) is 5.56 Å². The first-order chi connectivity index (χ1) is 8.75. The minimum absolute atomic E-state index is 0.195. The lowest BCUT2D eigenvalue weighted by molar-refractivity contribution is -0.110. The van der Waals surface area contributed by atoms with Gasteiger partial charge in [-0.15, -0.1) is 0 Å². The van der Waals surface area contributed by atoms with E-state index in [-0.39, 0.29) is 5.91 Å². The normalized spacial score (nSPS) is 15.6. The number of hydrogen-bond acceptors (Lipinski definition) is 3. The standard InChI is InChI=1S/C14H11N3O/c15-10-6-2-4-8-12(10)16-13-9-5-1-3-7-11(9)17-14(13)18/h1-8H,15H2,(H,16,17,18). The third-order valence-electron chi connectivity index (χ3n) is 2.81. The van der Waals surface area contributed by atoms with Crippen LogP contribution in [0.15, 0.2) is 53.5 Å². The second-order valence-corrected chi connectivity index (χ2v) is 4.02. The summed E-state index contributed by atoms with van der Waals surface area (Å²) in [5.74, 6) is -0.195. The molecular weight excluding hydrogens is 226 g/mol. The fraction of sp³-hybridized carbons (Fsp3) is 0. The minimum Gasteiger partial charge on any atom is -0.397 e. The Morgan fingerprint density at radius 1 is 1.00 bits per heavy atom. The van der Waals surface area contributed by atoms with Gasteiger partial charge in [0, 0.05) is 5.56 Å². The molecule has 0 fully saturated rings. The zero-order valence-corrected chi connectivity index (χ0v) is 9.55. The molecule has 0 saturated heterocycles. The summed E-state index contributed by atoms with van der Waals surface area (Å²) >= 11 is 0. The van der Waals surface area contributed by atoms with Gasteiger partial charge in [0.25, 0.3) is 5.91 Å². The lowest BCUT2D eigenvalue weighted by Crippen LogP contribution is -2.14. The van der Waals surface area contributed by atoms with E-state index in [4.69, 9.17) is 5.73 Å². The molecule has 88 valence electrons. The number of anilines is 2. The van der Waals surface area contributed by atoms with Gasteiger partial charge in [0.2, 0.25) is 0 Å². The van der Waals surface area contributed by atoms with E-state index < -0.39 is 0 Å². The van der Waals surface area contributed by atoms with Crippen molar-refractivity contribution < 1.29 is 4.79 Å². The Morgan fingerprint density at radius 3 is 2.56 bits per heavy atom. The first-order valence-electron chi connectivity index (χ1n) is 5.59. The van der Waals surface area contributed by atoms with Crippen LogP contribution in [0.4, 0.5) is 17.1 Å². The lowest BCUT2D eigenvalue weighted by Gasteiger charge is -2.00. The van der Waals surface area contributed by atoms with Gasteiger partial charge in [-0.1, -0.05) is 30.3 Å². The molecule has 18 heavy (non-hydrogen) atoms. The number of carbonyl (C=O) groups excluding carboxylic acids is 1. The first kappa shape index (κ1) is 10.5. The monoisotopic (exact) mass is 237 g/mol. The van der Waals surface area contributed by atoms with Crippen molar-refractivity contribution in [2.24, 2.45) is 4.99 Å². The predicted molar refractivity (Wildman–Crippen MR) is 72.1 cm³/mol. The number of hydrogen-bond donors (Lipinski definition) is 2. The molecule has 0 unspecified atom stereocenters. The molecule has 3 rings (SSSR count). The van der Waals surface area contributed by atoms with Gasteiger partial charge in [0.05, 0.1) is 17.1 Å². The van der Waals surface area contributed by atoms with E-state index in [2.05, 4.69) is 10.3 Å². The van der Waals surface area contributed by atoms with E-state index in [1.54, 1.807) is 12.1 Å². The van der Waals surface area contributed by atoms with Crippen LogP contribution in [0, 0.1) is 0 Å². The van der Waals surface area contributed by atoms with Gasteiger partial charge >= 0.3 is 0 Å². The van der Waals surface area contributed by atoms with Crippen molar-refractivity contribution in [3.8, 4) is 0 Å². The summed E-state index contributed by atoms with van der Waals surface area (Å²) in [6.45, 7) is 0. The molecule has 0 saturated carbocycles. The Labute approximate surface area is 104 Å². The predicted octanol–water partition coefficient (Wildman–Crippen LogP) is 2.34. The number of aliphatic imine (C=N–C) groups is 1. The SMILES string of the molecule is Nc1ccccc1N=C1C(=O)Nc2ccccc21. The highest BCUT2D eigenvalue weighted by Crippen LogP contribution is 2.27. The Hall–Kier alpha value is -2.62. The topological polar surface area (TPSA) is 67.5 Å². The van der Waals surface area contributed by atoms with Gasteiger partial charge in [0.15, 0.2) is 0 Å². The second kappa shape index (κ2) is 4.00. The fourth-order valence-electron chi connectivity index (χ4n) is 1.92. The van der Waals surface area contributed by atoms with Crippen LogP contribution in [-0.2, 0) is 4.79 Å². The van der Waals surface area contributed by atoms with E-state index in [9.17, 15) is 4.79 Å². The summed E-state index contributed by atoms with van der Waals surface area (Å²) < 4.78 is 0. The van der Waals surface area contributed by atoms with Crippen LogP contribution in [0.3, 0.4) is 0 Å². The van der Waals surface area contributed by atoms with Gasteiger partial charge in [-0.25, -0.2) is 4.99 Å². The van der Waals surface area contributed by atoms with Crippen LogP contribution >= 0.6 is 0 Å². The van der Waals surface area contributed by atoms with Crippen LogP contribution in [0.2, 0.25) is 0 Å². The molecule has 2 aromatic carbocycles. The molecule has 0 atom stereocenters. The molecule has 0 aliphatic carbocycles. The number of benzene rings is 2. The van der Waals surface area contributed by atoms with E-state index in [1.165, 1.54) is 0 Å². The molecular formula is C14H11N3O. The van der Waals surface area contributed by atoms with Gasteiger partial charge < -0.3 is 11.1 Å². The van der Waals surface area contributed by atoms with Gasteiger partial charge in [0.1, 0.15) is 5.71 Å². The number of para-hydroxylation sites is 3. The number of nitrogens with two attached hydrogens (primary N) is 1. The number of rotatable bonds is 1. The van der Waals surface area contributed by atoms with Gasteiger partial charge in [-0.2, -0.15) is 0 Å². The van der Waals surface area contributed by atoms with E-state index >= 15 is 0 Å². The maximum absolute atomic E-state index is 11.9. The summed E-state index contributed by atoms with van der Waals surface area (Å²) in [5, 5.41) is 2.78. The zero-order chi connectivity index (χ0) is 12.5. The van der Waals surface area contributed by atoms with Crippen molar-refractivity contribution in [2.75, 3.05) is 11.1 Å².